The van der Waals surface area contributed by atoms with Gasteiger partial charge in [0.05, 0.1) is 23.1 Å². The first-order valence-electron chi connectivity index (χ1n) is 10.6. The van der Waals surface area contributed by atoms with Crippen molar-refractivity contribution >= 4 is 33.4 Å². The molecule has 8 heteroatoms. The van der Waals surface area contributed by atoms with E-state index in [1.807, 2.05) is 0 Å². The SMILES string of the molecule is CC(C)(C)C1CCc2c(sc3nnn(CCN4C(=O)c5ccccc5C4=O)c(=O)c23)C1. The molecule has 2 aliphatic rings. The van der Waals surface area contributed by atoms with Crippen molar-refractivity contribution in [3.05, 3.63) is 56.2 Å². The number of amides is 2. The van der Waals surface area contributed by atoms with Crippen molar-refractivity contribution in [2.24, 2.45) is 11.3 Å². The number of carbonyl (C=O) groups excluding carboxylic acids is 2. The Hall–Kier alpha value is -2.87. The molecule has 2 amide bonds. The lowest BCUT2D eigenvalue weighted by molar-refractivity contribution is 0.0646. The molecule has 31 heavy (non-hydrogen) atoms. The summed E-state index contributed by atoms with van der Waals surface area (Å²) in [5, 5.41) is 9.05. The maximum atomic E-state index is 13.2. The zero-order chi connectivity index (χ0) is 21.9. The second-order valence-corrected chi connectivity index (χ2v) is 10.5. The van der Waals surface area contributed by atoms with Crippen LogP contribution in [0.4, 0.5) is 0 Å². The molecule has 0 radical (unpaired) electrons. The van der Waals surface area contributed by atoms with Crippen molar-refractivity contribution in [3.63, 3.8) is 0 Å². The van der Waals surface area contributed by atoms with Gasteiger partial charge in [-0.3, -0.25) is 19.3 Å². The molecule has 1 unspecified atom stereocenters. The monoisotopic (exact) mass is 436 g/mol. The number of thiophene rings is 1. The summed E-state index contributed by atoms with van der Waals surface area (Å²) < 4.78 is 1.29. The average molecular weight is 437 g/mol. The maximum Gasteiger partial charge on any atom is 0.278 e. The highest BCUT2D eigenvalue weighted by molar-refractivity contribution is 7.18. The molecule has 0 saturated heterocycles. The molecule has 3 heterocycles. The Balaban J connectivity index is 1.41. The number of rotatable bonds is 3. The van der Waals surface area contributed by atoms with Crippen LogP contribution in [0.3, 0.4) is 0 Å². The van der Waals surface area contributed by atoms with E-state index in [2.05, 4.69) is 31.1 Å². The molecule has 0 fully saturated rings. The van der Waals surface area contributed by atoms with Crippen molar-refractivity contribution in [3.8, 4) is 0 Å². The number of carbonyl (C=O) groups is 2. The highest BCUT2D eigenvalue weighted by atomic mass is 32.1. The van der Waals surface area contributed by atoms with Crippen LogP contribution >= 0.6 is 11.3 Å². The van der Waals surface area contributed by atoms with Crippen LogP contribution in [-0.4, -0.2) is 38.3 Å². The highest BCUT2D eigenvalue weighted by Gasteiger charge is 2.35. The second kappa shape index (κ2) is 7.09. The van der Waals surface area contributed by atoms with Gasteiger partial charge in [-0.2, -0.15) is 0 Å². The molecule has 7 nitrogen and oxygen atoms in total. The van der Waals surface area contributed by atoms with Crippen LogP contribution in [0.5, 0.6) is 0 Å². The molecule has 0 saturated carbocycles. The van der Waals surface area contributed by atoms with E-state index in [4.69, 9.17) is 0 Å². The fraction of sp³-hybridized carbons (Fsp3) is 0.435. The topological polar surface area (TPSA) is 85.2 Å². The molecule has 5 rings (SSSR count). The molecule has 1 aliphatic heterocycles. The molecule has 2 aromatic heterocycles. The van der Waals surface area contributed by atoms with Gasteiger partial charge < -0.3 is 0 Å². The molecule has 1 aromatic carbocycles. The van der Waals surface area contributed by atoms with Crippen molar-refractivity contribution in [1.29, 1.82) is 0 Å². The van der Waals surface area contributed by atoms with E-state index in [1.54, 1.807) is 35.6 Å². The predicted molar refractivity (Wildman–Crippen MR) is 118 cm³/mol. The number of aryl methyl sites for hydroxylation is 1. The fourth-order valence-corrected chi connectivity index (χ4v) is 5.88. The maximum absolute atomic E-state index is 13.2. The molecular weight excluding hydrogens is 412 g/mol. The van der Waals surface area contributed by atoms with E-state index in [0.717, 1.165) is 24.8 Å². The zero-order valence-corrected chi connectivity index (χ0v) is 18.7. The molecule has 0 bridgehead atoms. The standard InChI is InChI=1S/C23H24N4O3S/c1-23(2,3)13-8-9-16-17(12-13)31-19-18(16)22(30)27(25-24-19)11-10-26-20(28)14-6-4-5-7-15(14)21(26)29/h4-7,13H,8-12H2,1-3H3. The summed E-state index contributed by atoms with van der Waals surface area (Å²) in [5.74, 6) is -0.0790. The molecule has 160 valence electrons. The molecule has 3 aromatic rings. The molecule has 1 atom stereocenters. The molecule has 0 spiro atoms. The molecular formula is C23H24N4O3S. The van der Waals surface area contributed by atoms with Crippen LogP contribution in [0, 0.1) is 11.3 Å². The van der Waals surface area contributed by atoms with Gasteiger partial charge in [0.15, 0.2) is 4.83 Å². The van der Waals surface area contributed by atoms with Gasteiger partial charge in [-0.15, -0.1) is 16.4 Å². The Kier molecular flexibility index (Phi) is 4.58. The summed E-state index contributed by atoms with van der Waals surface area (Å²) >= 11 is 1.57. The van der Waals surface area contributed by atoms with E-state index in [1.165, 1.54) is 14.5 Å². The number of hydrogen-bond acceptors (Lipinski definition) is 6. The third-order valence-electron chi connectivity index (χ3n) is 6.58. The predicted octanol–water partition coefficient (Wildman–Crippen LogP) is 3.30. The number of benzene rings is 1. The lowest BCUT2D eigenvalue weighted by Crippen LogP contribution is -2.36. The average Bonchev–Trinajstić information content (AvgIpc) is 3.23. The number of imide groups is 1. The quantitative estimate of drug-likeness (QED) is 0.588. The Bertz CT molecular complexity index is 1250. The smallest absolute Gasteiger partial charge is 0.272 e. The van der Waals surface area contributed by atoms with Crippen LogP contribution in [0.25, 0.3) is 10.2 Å². The van der Waals surface area contributed by atoms with Gasteiger partial charge >= 0.3 is 0 Å². The number of nitrogens with zero attached hydrogens (tertiary/aromatic N) is 4. The summed E-state index contributed by atoms with van der Waals surface area (Å²) in [4.78, 5) is 41.5. The van der Waals surface area contributed by atoms with Gasteiger partial charge in [-0.05, 0) is 48.3 Å². The largest absolute Gasteiger partial charge is 0.278 e. The molecule has 1 aliphatic carbocycles. The minimum atomic E-state index is -0.330. The Labute approximate surface area is 183 Å². The third-order valence-corrected chi connectivity index (χ3v) is 7.72. The van der Waals surface area contributed by atoms with Gasteiger partial charge in [0.2, 0.25) is 0 Å². The summed E-state index contributed by atoms with van der Waals surface area (Å²) in [6, 6.07) is 6.77. The van der Waals surface area contributed by atoms with Crippen LogP contribution in [0.1, 0.15) is 58.3 Å². The van der Waals surface area contributed by atoms with Gasteiger partial charge in [0, 0.05) is 11.4 Å². The van der Waals surface area contributed by atoms with Crippen molar-refractivity contribution < 1.29 is 9.59 Å². The first-order chi connectivity index (χ1) is 14.8. The molecule has 0 N–H and O–H groups in total. The van der Waals surface area contributed by atoms with E-state index in [9.17, 15) is 14.4 Å². The Morgan fingerprint density at radius 2 is 1.74 bits per heavy atom. The zero-order valence-electron chi connectivity index (χ0n) is 17.8. The van der Waals surface area contributed by atoms with E-state index >= 15 is 0 Å². The summed E-state index contributed by atoms with van der Waals surface area (Å²) in [5.41, 5.74) is 1.96. The van der Waals surface area contributed by atoms with Crippen LogP contribution in [0.2, 0.25) is 0 Å². The normalized spacial score (nSPS) is 18.5. The second-order valence-electron chi connectivity index (χ2n) is 9.41. The number of aromatic nitrogens is 3. The summed E-state index contributed by atoms with van der Waals surface area (Å²) in [6.45, 7) is 7.01. The van der Waals surface area contributed by atoms with E-state index in [0.29, 0.717) is 27.3 Å². The van der Waals surface area contributed by atoms with Crippen molar-refractivity contribution in [2.75, 3.05) is 6.54 Å². The third kappa shape index (κ3) is 3.20. The van der Waals surface area contributed by atoms with Gasteiger partial charge in [0.1, 0.15) is 0 Å². The van der Waals surface area contributed by atoms with Gasteiger partial charge in [-0.25, -0.2) is 4.68 Å². The van der Waals surface area contributed by atoms with Gasteiger partial charge in [-0.1, -0.05) is 38.1 Å². The van der Waals surface area contributed by atoms with Gasteiger partial charge in [0.25, 0.3) is 17.4 Å². The van der Waals surface area contributed by atoms with E-state index in [-0.39, 0.29) is 35.9 Å². The number of fused-ring (bicyclic) bond motifs is 4. The Morgan fingerprint density at radius 3 is 2.39 bits per heavy atom. The fourth-order valence-electron chi connectivity index (χ4n) is 4.65. The minimum Gasteiger partial charge on any atom is -0.272 e. The first-order valence-corrected chi connectivity index (χ1v) is 11.4. The van der Waals surface area contributed by atoms with Crippen molar-refractivity contribution in [1.82, 2.24) is 19.9 Å². The summed E-state index contributed by atoms with van der Waals surface area (Å²) in [7, 11) is 0. The lowest BCUT2D eigenvalue weighted by atomic mass is 9.72. The first kappa shape index (κ1) is 20.1. The summed E-state index contributed by atoms with van der Waals surface area (Å²) in [6.07, 6.45) is 2.89. The lowest BCUT2D eigenvalue weighted by Gasteiger charge is -2.33. The van der Waals surface area contributed by atoms with Crippen LogP contribution in [0.15, 0.2) is 29.1 Å². The van der Waals surface area contributed by atoms with Crippen LogP contribution < -0.4 is 5.56 Å². The highest BCUT2D eigenvalue weighted by Crippen LogP contribution is 2.41. The van der Waals surface area contributed by atoms with Crippen LogP contribution in [-0.2, 0) is 19.4 Å². The van der Waals surface area contributed by atoms with Crippen molar-refractivity contribution in [2.45, 2.75) is 46.6 Å². The minimum absolute atomic E-state index is 0.0882. The number of hydrogen-bond donors (Lipinski definition) is 0. The van der Waals surface area contributed by atoms with E-state index < -0.39 is 0 Å². The Morgan fingerprint density at radius 1 is 1.06 bits per heavy atom.